The lowest BCUT2D eigenvalue weighted by Crippen LogP contribution is -2.35. The number of likely N-dealkylation sites (tertiary alicyclic amines) is 2. The van der Waals surface area contributed by atoms with Crippen molar-refractivity contribution in [2.75, 3.05) is 38.1 Å². The van der Waals surface area contributed by atoms with E-state index in [1.54, 1.807) is 18.5 Å². The zero-order valence-electron chi connectivity index (χ0n) is 34.2. The summed E-state index contributed by atoms with van der Waals surface area (Å²) in [7, 11) is 0. The molecule has 14 heteroatoms. The van der Waals surface area contributed by atoms with Gasteiger partial charge in [-0.25, -0.2) is 9.97 Å². The molecule has 6 heterocycles. The largest absolute Gasteiger partial charge is 0.466 e. The van der Waals surface area contributed by atoms with Crippen LogP contribution in [0, 0.1) is 24.2 Å². The van der Waals surface area contributed by atoms with E-state index >= 15 is 0 Å². The van der Waals surface area contributed by atoms with Gasteiger partial charge in [0.05, 0.1) is 34.4 Å². The summed E-state index contributed by atoms with van der Waals surface area (Å²) in [5, 5.41) is 15.0. The molecular formula is C46H47ClN8O5. The second-order valence-electron chi connectivity index (χ2n) is 15.5. The van der Waals surface area contributed by atoms with E-state index in [9.17, 15) is 14.9 Å². The molecule has 1 unspecified atom stereocenters. The first-order valence-corrected chi connectivity index (χ1v) is 20.9. The average molecular weight is 827 g/mol. The predicted octanol–water partition coefficient (Wildman–Crippen LogP) is 8.42. The maximum absolute atomic E-state index is 12.7. The molecule has 0 amide bonds. The van der Waals surface area contributed by atoms with E-state index in [0.717, 1.165) is 90.7 Å². The Bertz CT molecular complexity index is 2620. The van der Waals surface area contributed by atoms with Crippen molar-refractivity contribution in [1.29, 1.82) is 5.26 Å². The molecule has 2 aromatic carbocycles. The van der Waals surface area contributed by atoms with E-state index in [4.69, 9.17) is 40.4 Å². The third kappa shape index (κ3) is 8.41. The molecule has 60 heavy (non-hydrogen) atoms. The van der Waals surface area contributed by atoms with Gasteiger partial charge < -0.3 is 19.2 Å². The van der Waals surface area contributed by atoms with E-state index in [-0.39, 0.29) is 35.9 Å². The molecule has 2 saturated heterocycles. The van der Waals surface area contributed by atoms with Gasteiger partial charge in [-0.15, -0.1) is 0 Å². The van der Waals surface area contributed by atoms with Gasteiger partial charge >= 0.3 is 11.9 Å². The number of fused-ring (bicyclic) bond motifs is 2. The van der Waals surface area contributed by atoms with Gasteiger partial charge in [-0.05, 0) is 99.2 Å². The molecule has 2 fully saturated rings. The Balaban J connectivity index is 1.01. The van der Waals surface area contributed by atoms with Crippen LogP contribution in [0.4, 0.5) is 11.5 Å². The summed E-state index contributed by atoms with van der Waals surface area (Å²) in [5.74, 6) is 0.366. The molecule has 0 spiro atoms. The number of rotatable bonds is 13. The highest BCUT2D eigenvalue weighted by Gasteiger charge is 2.38. The van der Waals surface area contributed by atoms with Gasteiger partial charge in [0.15, 0.2) is 11.4 Å². The molecule has 2 aliphatic rings. The fourth-order valence-electron chi connectivity index (χ4n) is 8.70. The van der Waals surface area contributed by atoms with Gasteiger partial charge in [0, 0.05) is 74.4 Å². The summed E-state index contributed by atoms with van der Waals surface area (Å²) >= 11 is 7.15. The van der Waals surface area contributed by atoms with Crippen LogP contribution in [-0.4, -0.2) is 86.6 Å². The van der Waals surface area contributed by atoms with E-state index < -0.39 is 0 Å². The smallest absolute Gasteiger partial charge is 0.310 e. The Labute approximate surface area is 353 Å². The number of hydrogen-bond donors (Lipinski definition) is 1. The number of esters is 2. The topological polar surface area (TPSA) is 160 Å². The normalized spacial score (nSPS) is 18.2. The molecule has 2 aliphatic heterocycles. The fraction of sp³-hybridized carbons (Fsp3) is 0.370. The molecule has 4 aromatic heterocycles. The third-order valence-electron chi connectivity index (χ3n) is 11.6. The fourth-order valence-corrected chi connectivity index (χ4v) is 8.99. The first-order chi connectivity index (χ1) is 29.1. The summed E-state index contributed by atoms with van der Waals surface area (Å²) < 4.78 is 17.0. The van der Waals surface area contributed by atoms with E-state index in [1.165, 1.54) is 6.92 Å². The van der Waals surface area contributed by atoms with Crippen LogP contribution >= 0.6 is 11.6 Å². The van der Waals surface area contributed by atoms with Gasteiger partial charge in [0.25, 0.3) is 0 Å². The van der Waals surface area contributed by atoms with Gasteiger partial charge in [0.1, 0.15) is 23.2 Å². The third-order valence-corrected chi connectivity index (χ3v) is 12.0. The number of anilines is 2. The van der Waals surface area contributed by atoms with Crippen LogP contribution in [0.5, 0.6) is 0 Å². The van der Waals surface area contributed by atoms with Crippen molar-refractivity contribution in [3.05, 3.63) is 94.4 Å². The number of carbonyl (C=O) groups excluding carboxylic acids is 2. The number of ether oxygens (including phenoxy) is 2. The maximum atomic E-state index is 12.7. The maximum Gasteiger partial charge on any atom is 0.310 e. The Morgan fingerprint density at radius 1 is 1.03 bits per heavy atom. The Kier molecular flexibility index (Phi) is 12.1. The molecule has 1 N–H and O–H groups in total. The van der Waals surface area contributed by atoms with Crippen LogP contribution in [0.25, 0.3) is 44.7 Å². The van der Waals surface area contributed by atoms with Crippen molar-refractivity contribution >= 4 is 57.0 Å². The number of halogens is 1. The van der Waals surface area contributed by atoms with Crippen LogP contribution in [-0.2, 0) is 32.0 Å². The van der Waals surface area contributed by atoms with E-state index in [2.05, 4.69) is 39.2 Å². The highest BCUT2D eigenvalue weighted by molar-refractivity contribution is 6.35. The number of nitrogens with zero attached hydrogens (tertiary/aromatic N) is 7. The number of carbonyl (C=O) groups is 2. The van der Waals surface area contributed by atoms with Gasteiger partial charge in [-0.3, -0.25) is 29.4 Å². The lowest BCUT2D eigenvalue weighted by atomic mass is 9.98. The SMILES string of the molecule is CCOC(=O)C1CCN(Cc2cc(C#N)c3oc(-c4ccnc(-c5cccc(Nc6nccc7cc(CCN8CC[C@@H](OC(C)=O)C8)cnc67)c5C)c4Cl)nc3c2)[C@@H]1CC. The quantitative estimate of drug-likeness (QED) is 0.111. The highest BCUT2D eigenvalue weighted by atomic mass is 35.5. The van der Waals surface area contributed by atoms with Crippen LogP contribution < -0.4 is 5.32 Å². The molecule has 3 atom stereocenters. The number of nitriles is 1. The standard InChI is InChI=1S/C46H47ClN8O5/c1-5-39-35(46(57)58-6-2)14-19-55(39)25-30-21-32(23-48)43-38(22-30)53-45(60-43)36-11-16-49-42(40(36)47)34-8-7-9-37(27(34)3)52-44-41-31(10-15-50-44)20-29(24-51-41)12-17-54-18-13-33(26-54)59-28(4)56/h7-11,15-16,20-22,24,33,35,39H,5-6,12-14,17-19,25-26H2,1-4H3,(H,50,52)/t33-,35?,39-/m1/s1. The van der Waals surface area contributed by atoms with Crippen molar-refractivity contribution in [3.8, 4) is 28.8 Å². The number of aromatic nitrogens is 4. The van der Waals surface area contributed by atoms with Crippen molar-refractivity contribution in [2.24, 2.45) is 5.92 Å². The summed E-state index contributed by atoms with van der Waals surface area (Å²) in [6, 6.07) is 17.9. The molecule has 13 nitrogen and oxygen atoms in total. The van der Waals surface area contributed by atoms with Crippen LogP contribution in [0.15, 0.2) is 71.5 Å². The summed E-state index contributed by atoms with van der Waals surface area (Å²) in [4.78, 5) is 47.6. The minimum absolute atomic E-state index is 0.0352. The Morgan fingerprint density at radius 2 is 1.88 bits per heavy atom. The molecule has 0 bridgehead atoms. The van der Waals surface area contributed by atoms with E-state index in [1.807, 2.05) is 56.4 Å². The molecule has 0 radical (unpaired) electrons. The van der Waals surface area contributed by atoms with Crippen molar-refractivity contribution in [3.63, 3.8) is 0 Å². The van der Waals surface area contributed by atoms with Gasteiger partial charge in [-0.1, -0.05) is 30.7 Å². The molecule has 8 rings (SSSR count). The van der Waals surface area contributed by atoms with Crippen molar-refractivity contribution in [1.82, 2.24) is 29.7 Å². The van der Waals surface area contributed by atoms with Gasteiger partial charge in [0.2, 0.25) is 5.89 Å². The molecular weight excluding hydrogens is 780 g/mol. The van der Waals surface area contributed by atoms with Crippen LogP contribution in [0.3, 0.4) is 0 Å². The molecule has 6 aromatic rings. The lowest BCUT2D eigenvalue weighted by molar-refractivity contribution is -0.149. The zero-order valence-corrected chi connectivity index (χ0v) is 35.0. The lowest BCUT2D eigenvalue weighted by Gasteiger charge is -2.26. The molecule has 0 aliphatic carbocycles. The molecule has 0 saturated carbocycles. The minimum atomic E-state index is -0.230. The summed E-state index contributed by atoms with van der Waals surface area (Å²) in [6.45, 7) is 11.6. The zero-order chi connectivity index (χ0) is 41.9. The number of pyridine rings is 3. The first kappa shape index (κ1) is 40.8. The number of benzene rings is 2. The second-order valence-corrected chi connectivity index (χ2v) is 15.9. The monoisotopic (exact) mass is 826 g/mol. The summed E-state index contributed by atoms with van der Waals surface area (Å²) in [6.07, 6.45) is 8.56. The minimum Gasteiger partial charge on any atom is -0.466 e. The number of nitrogens with one attached hydrogen (secondary N) is 1. The van der Waals surface area contributed by atoms with E-state index in [0.29, 0.717) is 51.9 Å². The van der Waals surface area contributed by atoms with Crippen molar-refractivity contribution in [2.45, 2.75) is 72.1 Å². The Morgan fingerprint density at radius 3 is 2.68 bits per heavy atom. The number of hydrogen-bond acceptors (Lipinski definition) is 13. The van der Waals surface area contributed by atoms with Crippen LogP contribution in [0.2, 0.25) is 5.02 Å². The highest BCUT2D eigenvalue weighted by Crippen LogP contribution is 2.40. The summed E-state index contributed by atoms with van der Waals surface area (Å²) in [5.41, 5.74) is 7.74. The second kappa shape index (κ2) is 17.7. The average Bonchev–Trinajstić information content (AvgIpc) is 3.99. The first-order valence-electron chi connectivity index (χ1n) is 20.5. The number of oxazole rings is 1. The van der Waals surface area contributed by atoms with Crippen LogP contribution in [0.1, 0.15) is 62.3 Å². The predicted molar refractivity (Wildman–Crippen MR) is 230 cm³/mol. The Hall–Kier alpha value is -5.94. The van der Waals surface area contributed by atoms with Crippen molar-refractivity contribution < 1.29 is 23.5 Å². The molecule has 308 valence electrons. The van der Waals surface area contributed by atoms with Gasteiger partial charge in [-0.2, -0.15) is 5.26 Å².